The first-order valence-corrected chi connectivity index (χ1v) is 4.84. The van der Waals surface area contributed by atoms with Crippen molar-refractivity contribution < 1.29 is 4.79 Å². The van der Waals surface area contributed by atoms with Crippen molar-refractivity contribution in [3.05, 3.63) is 0 Å². The van der Waals surface area contributed by atoms with Crippen molar-refractivity contribution in [2.75, 3.05) is 0 Å². The maximum Gasteiger partial charge on any atom is 0.248 e. The van der Waals surface area contributed by atoms with Crippen LogP contribution < -0.4 is 0 Å². The zero-order valence-corrected chi connectivity index (χ0v) is 8.92. The van der Waals surface area contributed by atoms with Crippen LogP contribution in [0, 0.1) is 0 Å². The molecule has 0 aromatic carbocycles. The Labute approximate surface area is 79.8 Å². The van der Waals surface area contributed by atoms with Crippen LogP contribution in [0.15, 0.2) is 5.10 Å². The topological polar surface area (TPSA) is 32.7 Å². The molecule has 1 aliphatic heterocycles. The van der Waals surface area contributed by atoms with Gasteiger partial charge in [0.1, 0.15) is 0 Å². The van der Waals surface area contributed by atoms with Gasteiger partial charge >= 0.3 is 0 Å². The number of hydrazone groups is 1. The smallest absolute Gasteiger partial charge is 0.248 e. The lowest BCUT2D eigenvalue weighted by Gasteiger charge is -2.27. The fraction of sp³-hybridized carbons (Fsp3) is 0.800. The van der Waals surface area contributed by atoms with Crippen LogP contribution in [-0.4, -0.2) is 22.2 Å². The molecular formula is C10H18N2O. The highest BCUT2D eigenvalue weighted by Crippen LogP contribution is 2.21. The van der Waals surface area contributed by atoms with E-state index in [4.69, 9.17) is 0 Å². The third-order valence-corrected chi connectivity index (χ3v) is 2.01. The lowest BCUT2D eigenvalue weighted by atomic mass is 10.1. The Balaban J connectivity index is 2.72. The van der Waals surface area contributed by atoms with Gasteiger partial charge in [-0.25, -0.2) is 5.01 Å². The first-order chi connectivity index (χ1) is 5.95. The monoisotopic (exact) mass is 182 g/mol. The highest BCUT2D eigenvalue weighted by molar-refractivity contribution is 6.05. The van der Waals surface area contributed by atoms with E-state index in [1.54, 1.807) is 5.01 Å². The van der Waals surface area contributed by atoms with E-state index in [0.29, 0.717) is 6.42 Å². The number of amides is 1. The summed E-state index contributed by atoms with van der Waals surface area (Å²) in [6, 6.07) is 0. The number of hydrogen-bond acceptors (Lipinski definition) is 2. The van der Waals surface area contributed by atoms with E-state index in [0.717, 1.165) is 18.6 Å². The van der Waals surface area contributed by atoms with E-state index in [9.17, 15) is 4.79 Å². The second kappa shape index (κ2) is 3.48. The molecule has 0 atom stereocenters. The Hall–Kier alpha value is -0.860. The summed E-state index contributed by atoms with van der Waals surface area (Å²) in [4.78, 5) is 11.5. The SMILES string of the molecule is CCCC1=NN(C(C)(C)C)C(=O)C1. The Morgan fingerprint density at radius 1 is 1.46 bits per heavy atom. The van der Waals surface area contributed by atoms with Crippen LogP contribution in [0.2, 0.25) is 0 Å². The summed E-state index contributed by atoms with van der Waals surface area (Å²) in [6.45, 7) is 8.11. The van der Waals surface area contributed by atoms with E-state index in [1.807, 2.05) is 20.8 Å². The molecule has 0 unspecified atom stereocenters. The molecule has 0 fully saturated rings. The largest absolute Gasteiger partial charge is 0.273 e. The molecule has 0 saturated heterocycles. The normalized spacial score (nSPS) is 18.0. The van der Waals surface area contributed by atoms with Gasteiger partial charge in [-0.05, 0) is 27.2 Å². The van der Waals surface area contributed by atoms with E-state index < -0.39 is 0 Å². The van der Waals surface area contributed by atoms with E-state index in [2.05, 4.69) is 12.0 Å². The van der Waals surface area contributed by atoms with Crippen LogP contribution in [0.4, 0.5) is 0 Å². The van der Waals surface area contributed by atoms with Crippen molar-refractivity contribution >= 4 is 11.6 Å². The average Bonchev–Trinajstić information content (AvgIpc) is 2.30. The van der Waals surface area contributed by atoms with Gasteiger partial charge < -0.3 is 0 Å². The van der Waals surface area contributed by atoms with Crippen molar-refractivity contribution in [3.63, 3.8) is 0 Å². The van der Waals surface area contributed by atoms with Gasteiger partial charge in [0.15, 0.2) is 0 Å². The van der Waals surface area contributed by atoms with Crippen LogP contribution in [0.25, 0.3) is 0 Å². The van der Waals surface area contributed by atoms with E-state index >= 15 is 0 Å². The molecule has 0 aromatic heterocycles. The molecule has 0 bridgehead atoms. The summed E-state index contributed by atoms with van der Waals surface area (Å²) >= 11 is 0. The minimum atomic E-state index is -0.174. The van der Waals surface area contributed by atoms with E-state index in [1.165, 1.54) is 0 Å². The molecule has 3 heteroatoms. The molecule has 0 aliphatic carbocycles. The van der Waals surface area contributed by atoms with Gasteiger partial charge in [0.05, 0.1) is 12.0 Å². The van der Waals surface area contributed by atoms with Gasteiger partial charge in [0, 0.05) is 5.71 Å². The number of nitrogens with zero attached hydrogens (tertiary/aromatic N) is 2. The quantitative estimate of drug-likeness (QED) is 0.644. The zero-order valence-electron chi connectivity index (χ0n) is 8.92. The Morgan fingerprint density at radius 3 is 2.46 bits per heavy atom. The molecule has 0 radical (unpaired) electrons. The van der Waals surface area contributed by atoms with Gasteiger partial charge in [0.25, 0.3) is 0 Å². The number of rotatable bonds is 2. The van der Waals surface area contributed by atoms with Gasteiger partial charge in [0.2, 0.25) is 5.91 Å². The molecule has 13 heavy (non-hydrogen) atoms. The van der Waals surface area contributed by atoms with Crippen LogP contribution >= 0.6 is 0 Å². The second-order valence-corrected chi connectivity index (χ2v) is 4.47. The number of carbonyl (C=O) groups excluding carboxylic acids is 1. The molecule has 1 amide bonds. The lowest BCUT2D eigenvalue weighted by molar-refractivity contribution is -0.133. The molecule has 0 spiro atoms. The van der Waals surface area contributed by atoms with Crippen LogP contribution in [0.5, 0.6) is 0 Å². The number of hydrogen-bond donors (Lipinski definition) is 0. The van der Waals surface area contributed by atoms with Crippen LogP contribution in [-0.2, 0) is 4.79 Å². The predicted molar refractivity (Wildman–Crippen MR) is 53.6 cm³/mol. The molecule has 1 aliphatic rings. The third-order valence-electron chi connectivity index (χ3n) is 2.01. The fourth-order valence-electron chi connectivity index (χ4n) is 1.43. The summed E-state index contributed by atoms with van der Waals surface area (Å²) < 4.78 is 0. The van der Waals surface area contributed by atoms with Gasteiger partial charge in [-0.3, -0.25) is 4.79 Å². The molecule has 74 valence electrons. The van der Waals surface area contributed by atoms with Gasteiger partial charge in [-0.2, -0.15) is 5.10 Å². The maximum absolute atomic E-state index is 11.5. The number of carbonyl (C=O) groups is 1. The second-order valence-electron chi connectivity index (χ2n) is 4.47. The summed E-state index contributed by atoms with van der Waals surface area (Å²) in [5.41, 5.74) is 0.856. The summed E-state index contributed by atoms with van der Waals surface area (Å²) in [7, 11) is 0. The Kier molecular flexibility index (Phi) is 2.74. The third kappa shape index (κ3) is 2.29. The zero-order chi connectivity index (χ0) is 10.1. The van der Waals surface area contributed by atoms with Crippen molar-refractivity contribution in [2.45, 2.75) is 52.5 Å². The standard InChI is InChI=1S/C10H18N2O/c1-5-6-8-7-9(13)12(11-8)10(2,3)4/h5-7H2,1-4H3. The molecule has 1 heterocycles. The average molecular weight is 182 g/mol. The first-order valence-electron chi connectivity index (χ1n) is 4.84. The summed E-state index contributed by atoms with van der Waals surface area (Å²) in [5, 5.41) is 5.94. The van der Waals surface area contributed by atoms with Crippen LogP contribution in [0.3, 0.4) is 0 Å². The fourth-order valence-corrected chi connectivity index (χ4v) is 1.43. The highest BCUT2D eigenvalue weighted by Gasteiger charge is 2.31. The van der Waals surface area contributed by atoms with Crippen molar-refractivity contribution in [1.29, 1.82) is 0 Å². The first kappa shape index (κ1) is 10.2. The summed E-state index contributed by atoms with van der Waals surface area (Å²) in [5.74, 6) is 0.135. The van der Waals surface area contributed by atoms with Gasteiger partial charge in [-0.15, -0.1) is 0 Å². The van der Waals surface area contributed by atoms with Crippen molar-refractivity contribution in [3.8, 4) is 0 Å². The Morgan fingerprint density at radius 2 is 2.08 bits per heavy atom. The van der Waals surface area contributed by atoms with E-state index in [-0.39, 0.29) is 11.4 Å². The van der Waals surface area contributed by atoms with Crippen molar-refractivity contribution in [2.24, 2.45) is 5.10 Å². The highest BCUT2D eigenvalue weighted by atomic mass is 16.2. The minimum absolute atomic E-state index is 0.135. The maximum atomic E-state index is 11.5. The predicted octanol–water partition coefficient (Wildman–Crippen LogP) is 2.17. The Bertz CT molecular complexity index is 238. The molecule has 1 rings (SSSR count). The summed E-state index contributed by atoms with van der Waals surface area (Å²) in [6.07, 6.45) is 2.52. The van der Waals surface area contributed by atoms with Crippen LogP contribution in [0.1, 0.15) is 47.0 Å². The van der Waals surface area contributed by atoms with Crippen molar-refractivity contribution in [1.82, 2.24) is 5.01 Å². The lowest BCUT2D eigenvalue weighted by Crippen LogP contribution is -2.38. The molecule has 0 aromatic rings. The molecule has 3 nitrogen and oxygen atoms in total. The molecule has 0 saturated carbocycles. The molecular weight excluding hydrogens is 164 g/mol. The minimum Gasteiger partial charge on any atom is -0.273 e. The van der Waals surface area contributed by atoms with Gasteiger partial charge in [-0.1, -0.05) is 13.3 Å². The molecule has 0 N–H and O–H groups in total.